The lowest BCUT2D eigenvalue weighted by Gasteiger charge is -2.02. The Hall–Kier alpha value is -3.06. The highest BCUT2D eigenvalue weighted by molar-refractivity contribution is 7.98. The van der Waals surface area contributed by atoms with E-state index < -0.39 is 5.97 Å². The minimum Gasteiger partial charge on any atom is -0.460 e. The number of hydrogen-bond donors (Lipinski definition) is 0. The summed E-state index contributed by atoms with van der Waals surface area (Å²) in [6.45, 7) is 4.04. The van der Waals surface area contributed by atoms with E-state index in [2.05, 4.69) is 10.2 Å². The molecule has 0 fully saturated rings. The van der Waals surface area contributed by atoms with E-state index in [1.807, 2.05) is 55.5 Å². The molecule has 0 unspecified atom stereocenters. The van der Waals surface area contributed by atoms with Crippen LogP contribution in [0.2, 0.25) is 0 Å². The van der Waals surface area contributed by atoms with E-state index in [9.17, 15) is 4.79 Å². The maximum Gasteiger partial charge on any atom is 0.374 e. The quantitative estimate of drug-likeness (QED) is 0.326. The Bertz CT molecular complexity index is 1130. The van der Waals surface area contributed by atoms with Crippen LogP contribution in [-0.2, 0) is 10.5 Å². The van der Waals surface area contributed by atoms with Crippen LogP contribution in [0.5, 0.6) is 0 Å². The average molecular weight is 394 g/mol. The molecule has 2 aromatic carbocycles. The van der Waals surface area contributed by atoms with Gasteiger partial charge in [-0.15, -0.1) is 10.2 Å². The summed E-state index contributed by atoms with van der Waals surface area (Å²) in [7, 11) is 0. The molecule has 0 radical (unpaired) electrons. The molecule has 0 aliphatic heterocycles. The van der Waals surface area contributed by atoms with Crippen LogP contribution < -0.4 is 0 Å². The van der Waals surface area contributed by atoms with Gasteiger partial charge in [-0.05, 0) is 31.5 Å². The van der Waals surface area contributed by atoms with Gasteiger partial charge in [-0.3, -0.25) is 0 Å². The molecule has 2 aromatic heterocycles. The number of aryl methyl sites for hydroxylation is 1. The number of para-hydroxylation sites is 1. The Morgan fingerprint density at radius 3 is 2.68 bits per heavy atom. The fraction of sp³-hybridized carbons (Fsp3) is 0.190. The average Bonchev–Trinajstić information content (AvgIpc) is 3.31. The molecular formula is C21H18N2O4S. The largest absolute Gasteiger partial charge is 0.460 e. The second-order valence-corrected chi connectivity index (χ2v) is 7.03. The van der Waals surface area contributed by atoms with Gasteiger partial charge in [0.1, 0.15) is 5.58 Å². The van der Waals surface area contributed by atoms with E-state index in [4.69, 9.17) is 13.6 Å². The van der Waals surface area contributed by atoms with Gasteiger partial charge in [-0.25, -0.2) is 4.79 Å². The number of carbonyl (C=O) groups is 1. The smallest absolute Gasteiger partial charge is 0.374 e. The minimum atomic E-state index is -0.472. The maximum atomic E-state index is 12.3. The molecule has 0 atom stereocenters. The number of rotatable bonds is 6. The lowest BCUT2D eigenvalue weighted by Crippen LogP contribution is -2.05. The molecule has 2 heterocycles. The molecule has 0 N–H and O–H groups in total. The molecule has 142 valence electrons. The lowest BCUT2D eigenvalue weighted by molar-refractivity contribution is 0.0491. The van der Waals surface area contributed by atoms with Crippen molar-refractivity contribution in [3.05, 3.63) is 65.4 Å². The summed E-state index contributed by atoms with van der Waals surface area (Å²) in [6.07, 6.45) is 0. The number of aromatic nitrogens is 2. The fourth-order valence-electron chi connectivity index (χ4n) is 2.93. The summed E-state index contributed by atoms with van der Waals surface area (Å²) in [6, 6.07) is 15.4. The SMILES string of the molecule is CCOC(=O)c1oc2ccccc2c1CSc1nnc(-c2ccccc2C)o1. The zero-order chi connectivity index (χ0) is 19.5. The van der Waals surface area contributed by atoms with Gasteiger partial charge in [0.05, 0.1) is 6.61 Å². The Labute approximate surface area is 165 Å². The van der Waals surface area contributed by atoms with Crippen LogP contribution >= 0.6 is 11.8 Å². The predicted molar refractivity (Wildman–Crippen MR) is 106 cm³/mol. The standard InChI is InChI=1S/C21H18N2O4S/c1-3-25-20(24)18-16(15-10-6-7-11-17(15)26-18)12-28-21-23-22-19(27-21)14-9-5-4-8-13(14)2/h4-11H,3,12H2,1-2H3. The summed E-state index contributed by atoms with van der Waals surface area (Å²) in [4.78, 5) is 12.3. The first kappa shape index (κ1) is 18.3. The highest BCUT2D eigenvalue weighted by atomic mass is 32.2. The van der Waals surface area contributed by atoms with E-state index in [0.29, 0.717) is 22.4 Å². The zero-order valence-electron chi connectivity index (χ0n) is 15.5. The summed E-state index contributed by atoms with van der Waals surface area (Å²) in [5.41, 5.74) is 3.37. The van der Waals surface area contributed by atoms with Gasteiger partial charge in [0.15, 0.2) is 0 Å². The first-order chi connectivity index (χ1) is 13.7. The van der Waals surface area contributed by atoms with Gasteiger partial charge in [-0.1, -0.05) is 48.2 Å². The fourth-order valence-corrected chi connectivity index (χ4v) is 3.72. The normalized spacial score (nSPS) is 11.1. The van der Waals surface area contributed by atoms with Gasteiger partial charge >= 0.3 is 5.97 Å². The van der Waals surface area contributed by atoms with Crippen molar-refractivity contribution >= 4 is 28.7 Å². The van der Waals surface area contributed by atoms with Crippen molar-refractivity contribution in [3.63, 3.8) is 0 Å². The summed E-state index contributed by atoms with van der Waals surface area (Å²) < 4.78 is 16.7. The van der Waals surface area contributed by atoms with Gasteiger partial charge in [0.2, 0.25) is 11.7 Å². The third-order valence-electron chi connectivity index (χ3n) is 4.28. The lowest BCUT2D eigenvalue weighted by atomic mass is 10.1. The molecule has 0 aliphatic rings. The number of ether oxygens (including phenoxy) is 1. The number of carbonyl (C=O) groups excluding carboxylic acids is 1. The van der Waals surface area contributed by atoms with Crippen molar-refractivity contribution in [2.24, 2.45) is 0 Å². The molecule has 4 rings (SSSR count). The number of benzene rings is 2. The summed E-state index contributed by atoms with van der Waals surface area (Å²) >= 11 is 1.36. The van der Waals surface area contributed by atoms with Crippen LogP contribution in [0, 0.1) is 6.92 Å². The highest BCUT2D eigenvalue weighted by Crippen LogP contribution is 2.33. The van der Waals surface area contributed by atoms with Crippen LogP contribution in [0.15, 0.2) is 62.6 Å². The molecule has 0 saturated heterocycles. The third kappa shape index (κ3) is 3.53. The van der Waals surface area contributed by atoms with Crippen LogP contribution in [0.1, 0.15) is 28.6 Å². The molecule has 0 bridgehead atoms. The van der Waals surface area contributed by atoms with Crippen molar-refractivity contribution in [3.8, 4) is 11.5 Å². The van der Waals surface area contributed by atoms with E-state index in [1.165, 1.54) is 11.8 Å². The molecule has 6 nitrogen and oxygen atoms in total. The molecule has 4 aromatic rings. The van der Waals surface area contributed by atoms with Crippen molar-refractivity contribution in [2.45, 2.75) is 24.8 Å². The molecule has 7 heteroatoms. The van der Waals surface area contributed by atoms with Crippen LogP contribution in [0.25, 0.3) is 22.4 Å². The summed E-state index contributed by atoms with van der Waals surface area (Å²) in [5.74, 6) is 0.665. The Kier molecular flexibility index (Phi) is 5.16. The molecule has 0 saturated carbocycles. The Morgan fingerprint density at radius 2 is 1.86 bits per heavy atom. The van der Waals surface area contributed by atoms with E-state index in [-0.39, 0.29) is 12.4 Å². The molecule has 0 spiro atoms. The monoisotopic (exact) mass is 394 g/mol. The van der Waals surface area contributed by atoms with Gasteiger partial charge < -0.3 is 13.6 Å². The van der Waals surface area contributed by atoms with Crippen LogP contribution in [0.4, 0.5) is 0 Å². The number of thioether (sulfide) groups is 1. The Balaban J connectivity index is 1.60. The molecular weight excluding hydrogens is 376 g/mol. The molecule has 0 aliphatic carbocycles. The van der Waals surface area contributed by atoms with Crippen molar-refractivity contribution < 1.29 is 18.4 Å². The topological polar surface area (TPSA) is 78.4 Å². The predicted octanol–water partition coefficient (Wildman–Crippen LogP) is 5.26. The van der Waals surface area contributed by atoms with Gasteiger partial charge in [-0.2, -0.15) is 0 Å². The molecule has 0 amide bonds. The van der Waals surface area contributed by atoms with E-state index >= 15 is 0 Å². The van der Waals surface area contributed by atoms with Crippen LogP contribution in [-0.4, -0.2) is 22.8 Å². The highest BCUT2D eigenvalue weighted by Gasteiger charge is 2.22. The number of nitrogens with zero attached hydrogens (tertiary/aromatic N) is 2. The van der Waals surface area contributed by atoms with Crippen molar-refractivity contribution in [1.29, 1.82) is 0 Å². The minimum absolute atomic E-state index is 0.217. The number of hydrogen-bond acceptors (Lipinski definition) is 7. The van der Waals surface area contributed by atoms with Gasteiger partial charge in [0, 0.05) is 22.3 Å². The van der Waals surface area contributed by atoms with E-state index in [1.54, 1.807) is 6.92 Å². The number of esters is 1. The number of fused-ring (bicyclic) bond motifs is 1. The van der Waals surface area contributed by atoms with Crippen molar-refractivity contribution in [2.75, 3.05) is 6.61 Å². The molecule has 28 heavy (non-hydrogen) atoms. The first-order valence-corrected chi connectivity index (χ1v) is 9.85. The van der Waals surface area contributed by atoms with Gasteiger partial charge in [0.25, 0.3) is 5.22 Å². The first-order valence-electron chi connectivity index (χ1n) is 8.87. The van der Waals surface area contributed by atoms with Crippen molar-refractivity contribution in [1.82, 2.24) is 10.2 Å². The second kappa shape index (κ2) is 7.90. The second-order valence-electron chi connectivity index (χ2n) is 6.10. The third-order valence-corrected chi connectivity index (χ3v) is 5.13. The maximum absolute atomic E-state index is 12.3. The van der Waals surface area contributed by atoms with E-state index in [0.717, 1.165) is 22.1 Å². The summed E-state index contributed by atoms with van der Waals surface area (Å²) in [5, 5.41) is 9.57. The van der Waals surface area contributed by atoms with Crippen LogP contribution in [0.3, 0.4) is 0 Å². The zero-order valence-corrected chi connectivity index (χ0v) is 16.3. The Morgan fingerprint density at radius 1 is 1.07 bits per heavy atom. The number of furan rings is 1.